The van der Waals surface area contributed by atoms with Crippen molar-refractivity contribution >= 4 is 0 Å². The molecule has 0 heterocycles. The molecule has 1 aromatic rings. The molecule has 1 fully saturated rings. The summed E-state index contributed by atoms with van der Waals surface area (Å²) >= 11 is 0. The third kappa shape index (κ3) is 9.67. The zero-order valence-electron chi connectivity index (χ0n) is 20.5. The number of rotatable bonds is 16. The van der Waals surface area contributed by atoms with E-state index in [0.717, 1.165) is 50.9 Å². The number of hydrogen-bond donors (Lipinski definition) is 0. The Bertz CT molecular complexity index is 607. The summed E-state index contributed by atoms with van der Waals surface area (Å²) in [5.41, 5.74) is 1.37. The van der Waals surface area contributed by atoms with Gasteiger partial charge in [-0.3, -0.25) is 0 Å². The Labute approximate surface area is 192 Å². The number of ether oxygens (including phenoxy) is 1. The van der Waals surface area contributed by atoms with Crippen LogP contribution in [0.15, 0.2) is 24.3 Å². The molecule has 0 saturated heterocycles. The summed E-state index contributed by atoms with van der Waals surface area (Å²) in [6, 6.07) is 11.5. The summed E-state index contributed by atoms with van der Waals surface area (Å²) in [4.78, 5) is 0. The molecule has 174 valence electrons. The molecule has 1 saturated carbocycles. The molecular formula is C29H47NO. The van der Waals surface area contributed by atoms with Crippen molar-refractivity contribution in [2.24, 2.45) is 5.41 Å². The molecule has 31 heavy (non-hydrogen) atoms. The van der Waals surface area contributed by atoms with Crippen LogP contribution in [0.2, 0.25) is 0 Å². The molecular weight excluding hydrogens is 378 g/mol. The Morgan fingerprint density at radius 2 is 1.35 bits per heavy atom. The van der Waals surface area contributed by atoms with Gasteiger partial charge in [0, 0.05) is 0 Å². The van der Waals surface area contributed by atoms with Crippen molar-refractivity contribution in [2.75, 3.05) is 6.61 Å². The molecule has 1 aliphatic carbocycles. The number of nitriles is 1. The molecule has 0 N–H and O–H groups in total. The summed E-state index contributed by atoms with van der Waals surface area (Å²) in [5, 5.41) is 9.87. The van der Waals surface area contributed by atoms with E-state index in [4.69, 9.17) is 4.74 Å². The summed E-state index contributed by atoms with van der Waals surface area (Å²) in [7, 11) is 0. The van der Waals surface area contributed by atoms with Gasteiger partial charge >= 0.3 is 0 Å². The predicted octanol–water partition coefficient (Wildman–Crippen LogP) is 9.34. The van der Waals surface area contributed by atoms with E-state index in [1.807, 2.05) is 0 Å². The second-order valence-electron chi connectivity index (χ2n) is 9.87. The maximum absolute atomic E-state index is 9.87. The molecule has 0 aromatic heterocycles. The van der Waals surface area contributed by atoms with E-state index in [9.17, 15) is 5.26 Å². The second kappa shape index (κ2) is 15.3. The molecule has 0 bridgehead atoms. The van der Waals surface area contributed by atoms with Crippen LogP contribution in [-0.4, -0.2) is 6.61 Å². The summed E-state index contributed by atoms with van der Waals surface area (Å²) < 4.78 is 5.94. The first-order valence-corrected chi connectivity index (χ1v) is 13.4. The van der Waals surface area contributed by atoms with Crippen LogP contribution < -0.4 is 4.74 Å². The van der Waals surface area contributed by atoms with E-state index in [1.54, 1.807) is 0 Å². The van der Waals surface area contributed by atoms with Crippen molar-refractivity contribution in [2.45, 2.75) is 129 Å². The van der Waals surface area contributed by atoms with E-state index in [-0.39, 0.29) is 5.41 Å². The van der Waals surface area contributed by atoms with E-state index < -0.39 is 0 Å². The van der Waals surface area contributed by atoms with Crippen LogP contribution >= 0.6 is 0 Å². The Morgan fingerprint density at radius 3 is 1.94 bits per heavy atom. The molecule has 0 aliphatic heterocycles. The lowest BCUT2D eigenvalue weighted by molar-refractivity contribution is 0.222. The third-order valence-electron chi connectivity index (χ3n) is 7.31. The second-order valence-corrected chi connectivity index (χ2v) is 9.87. The van der Waals surface area contributed by atoms with Crippen LogP contribution in [0.3, 0.4) is 0 Å². The van der Waals surface area contributed by atoms with Crippen LogP contribution in [-0.2, 0) is 0 Å². The topological polar surface area (TPSA) is 33.0 Å². The Balaban J connectivity index is 1.67. The van der Waals surface area contributed by atoms with Gasteiger partial charge in [0.05, 0.1) is 18.1 Å². The van der Waals surface area contributed by atoms with Crippen LogP contribution in [0, 0.1) is 16.7 Å². The summed E-state index contributed by atoms with van der Waals surface area (Å²) in [6.45, 7) is 5.36. The van der Waals surface area contributed by atoms with Gasteiger partial charge in [-0.2, -0.15) is 5.26 Å². The number of unbranched alkanes of at least 4 members (excludes halogenated alkanes) is 10. The Hall–Kier alpha value is -1.49. The Morgan fingerprint density at radius 1 is 0.806 bits per heavy atom. The fourth-order valence-electron chi connectivity index (χ4n) is 5.07. The van der Waals surface area contributed by atoms with E-state index in [2.05, 4.69) is 44.2 Å². The molecule has 1 aliphatic rings. The van der Waals surface area contributed by atoms with Crippen LogP contribution in [0.4, 0.5) is 0 Å². The molecule has 0 unspecified atom stereocenters. The standard InChI is InChI=1S/C29H47NO/c1-3-5-7-9-11-13-21-29(25-30)22-19-27(20-23-29)26-15-17-28(18-16-26)31-24-14-12-10-8-6-4-2/h15-18,27H,3-14,19-24H2,1-2H3/t27-,29-. The van der Waals surface area contributed by atoms with Gasteiger partial charge in [0.2, 0.25) is 0 Å². The monoisotopic (exact) mass is 425 g/mol. The van der Waals surface area contributed by atoms with Gasteiger partial charge in [-0.05, 0) is 62.1 Å². The number of benzene rings is 1. The van der Waals surface area contributed by atoms with Gasteiger partial charge < -0.3 is 4.74 Å². The summed E-state index contributed by atoms with van der Waals surface area (Å²) in [6.07, 6.45) is 21.2. The lowest BCUT2D eigenvalue weighted by atomic mass is 9.67. The van der Waals surface area contributed by atoms with Crippen molar-refractivity contribution in [3.63, 3.8) is 0 Å². The molecule has 0 amide bonds. The average molecular weight is 426 g/mol. The quantitative estimate of drug-likeness (QED) is 0.247. The molecule has 2 heteroatoms. The molecule has 2 rings (SSSR count). The number of nitrogens with zero attached hydrogens (tertiary/aromatic N) is 1. The maximum atomic E-state index is 9.87. The van der Waals surface area contributed by atoms with E-state index >= 15 is 0 Å². The van der Waals surface area contributed by atoms with Gasteiger partial charge in [-0.1, -0.05) is 96.6 Å². The van der Waals surface area contributed by atoms with E-state index in [0.29, 0.717) is 5.92 Å². The molecule has 2 nitrogen and oxygen atoms in total. The summed E-state index contributed by atoms with van der Waals surface area (Å²) in [5.74, 6) is 1.61. The van der Waals surface area contributed by atoms with Crippen LogP contribution in [0.25, 0.3) is 0 Å². The first-order valence-electron chi connectivity index (χ1n) is 13.4. The van der Waals surface area contributed by atoms with Gasteiger partial charge in [-0.15, -0.1) is 0 Å². The van der Waals surface area contributed by atoms with Gasteiger partial charge in [-0.25, -0.2) is 0 Å². The normalized spacial score (nSPS) is 21.0. The van der Waals surface area contributed by atoms with Crippen molar-refractivity contribution in [1.29, 1.82) is 5.26 Å². The van der Waals surface area contributed by atoms with Crippen molar-refractivity contribution in [3.8, 4) is 11.8 Å². The lowest BCUT2D eigenvalue weighted by Gasteiger charge is -2.35. The first kappa shape index (κ1) is 25.8. The first-order chi connectivity index (χ1) is 15.2. The van der Waals surface area contributed by atoms with Gasteiger partial charge in [0.15, 0.2) is 0 Å². The highest BCUT2D eigenvalue weighted by Gasteiger charge is 2.35. The highest BCUT2D eigenvalue weighted by molar-refractivity contribution is 5.30. The largest absolute Gasteiger partial charge is 0.494 e. The zero-order chi connectivity index (χ0) is 22.2. The minimum absolute atomic E-state index is 0.0541. The Kier molecular flexibility index (Phi) is 12.7. The van der Waals surface area contributed by atoms with Crippen molar-refractivity contribution in [3.05, 3.63) is 29.8 Å². The zero-order valence-corrected chi connectivity index (χ0v) is 20.5. The predicted molar refractivity (Wildman–Crippen MR) is 133 cm³/mol. The molecule has 0 spiro atoms. The minimum atomic E-state index is -0.0541. The molecule has 1 aromatic carbocycles. The van der Waals surface area contributed by atoms with Crippen LogP contribution in [0.5, 0.6) is 5.75 Å². The van der Waals surface area contributed by atoms with Crippen molar-refractivity contribution < 1.29 is 4.74 Å². The van der Waals surface area contributed by atoms with Crippen LogP contribution in [0.1, 0.15) is 134 Å². The number of hydrogen-bond acceptors (Lipinski definition) is 2. The minimum Gasteiger partial charge on any atom is -0.494 e. The smallest absolute Gasteiger partial charge is 0.119 e. The molecule has 0 radical (unpaired) electrons. The fraction of sp³-hybridized carbons (Fsp3) is 0.759. The van der Waals surface area contributed by atoms with Crippen molar-refractivity contribution in [1.82, 2.24) is 0 Å². The van der Waals surface area contributed by atoms with Gasteiger partial charge in [0.1, 0.15) is 5.75 Å². The fourth-order valence-corrected chi connectivity index (χ4v) is 5.07. The average Bonchev–Trinajstić information content (AvgIpc) is 2.81. The highest BCUT2D eigenvalue weighted by Crippen LogP contribution is 2.45. The molecule has 0 atom stereocenters. The highest BCUT2D eigenvalue weighted by atomic mass is 16.5. The lowest BCUT2D eigenvalue weighted by Crippen LogP contribution is -2.25. The maximum Gasteiger partial charge on any atom is 0.119 e. The third-order valence-corrected chi connectivity index (χ3v) is 7.31. The van der Waals surface area contributed by atoms with Gasteiger partial charge in [0.25, 0.3) is 0 Å². The van der Waals surface area contributed by atoms with E-state index in [1.165, 1.54) is 76.2 Å². The SMILES string of the molecule is CCCCCCCCOc1ccc([C@H]2CC[C@@](C#N)(CCCCCCCC)CC2)cc1.